The number of nitrogens with zero attached hydrogens (tertiary/aromatic N) is 2. The third-order valence-electron chi connectivity index (χ3n) is 2.10. The second-order valence-corrected chi connectivity index (χ2v) is 4.46. The maximum Gasteiger partial charge on any atom is 0.337 e. The van der Waals surface area contributed by atoms with Crippen LogP contribution < -0.4 is 11.3 Å². The Morgan fingerprint density at radius 3 is 2.95 bits per heavy atom. The van der Waals surface area contributed by atoms with Crippen LogP contribution in [-0.2, 0) is 4.74 Å². The lowest BCUT2D eigenvalue weighted by molar-refractivity contribution is 0.0600. The Kier molecular flexibility index (Phi) is 3.81. The maximum atomic E-state index is 11.4. The minimum Gasteiger partial charge on any atom is -0.465 e. The molecule has 0 bridgehead atoms. The number of aromatic nitrogens is 3. The van der Waals surface area contributed by atoms with Gasteiger partial charge in [-0.3, -0.25) is 4.79 Å². The number of carbonyl (C=O) groups is 1. The molecule has 0 saturated carbocycles. The van der Waals surface area contributed by atoms with E-state index in [-0.39, 0.29) is 11.4 Å². The average Bonchev–Trinajstić information content (AvgIpc) is 2.37. The fourth-order valence-electron chi connectivity index (χ4n) is 1.31. The summed E-state index contributed by atoms with van der Waals surface area (Å²) < 4.78 is 4.61. The molecule has 19 heavy (non-hydrogen) atoms. The summed E-state index contributed by atoms with van der Waals surface area (Å²) in [4.78, 5) is 33.1. The molecule has 0 aliphatic carbocycles. The molecule has 0 amide bonds. The van der Waals surface area contributed by atoms with E-state index in [0.29, 0.717) is 15.7 Å². The van der Waals surface area contributed by atoms with E-state index in [0.717, 1.165) is 11.8 Å². The number of esters is 1. The lowest BCUT2D eigenvalue weighted by atomic mass is 10.3. The molecule has 0 unspecified atom stereocenters. The van der Waals surface area contributed by atoms with Crippen molar-refractivity contribution in [3.05, 3.63) is 40.3 Å². The number of hydrogen-bond donors (Lipinski definition) is 2. The van der Waals surface area contributed by atoms with E-state index in [4.69, 9.17) is 5.73 Å². The lowest BCUT2D eigenvalue weighted by Crippen LogP contribution is -2.09. The van der Waals surface area contributed by atoms with E-state index in [2.05, 4.69) is 19.7 Å². The number of nitrogen functional groups attached to an aromatic ring is 1. The van der Waals surface area contributed by atoms with Gasteiger partial charge in [-0.05, 0) is 23.9 Å². The number of H-pyrrole nitrogens is 1. The second-order valence-electron chi connectivity index (χ2n) is 3.45. The summed E-state index contributed by atoms with van der Waals surface area (Å²) in [7, 11) is 1.30. The number of hydrogen-bond acceptors (Lipinski definition) is 7. The van der Waals surface area contributed by atoms with Crippen molar-refractivity contribution in [2.24, 2.45) is 0 Å². The molecule has 2 aromatic rings. The Morgan fingerprint density at radius 2 is 2.26 bits per heavy atom. The molecule has 0 saturated heterocycles. The van der Waals surface area contributed by atoms with Crippen molar-refractivity contribution in [3.63, 3.8) is 0 Å². The largest absolute Gasteiger partial charge is 0.465 e. The van der Waals surface area contributed by atoms with Gasteiger partial charge < -0.3 is 15.5 Å². The molecule has 0 spiro atoms. The fraction of sp³-hybridized carbons (Fsp3) is 0.0909. The summed E-state index contributed by atoms with van der Waals surface area (Å²) in [5, 5.41) is 0.802. The van der Waals surface area contributed by atoms with Crippen LogP contribution in [0.4, 0.5) is 5.82 Å². The van der Waals surface area contributed by atoms with Gasteiger partial charge in [-0.15, -0.1) is 0 Å². The van der Waals surface area contributed by atoms with Crippen molar-refractivity contribution < 1.29 is 9.53 Å². The van der Waals surface area contributed by atoms with E-state index >= 15 is 0 Å². The number of carbonyl (C=O) groups excluding carboxylic acids is 1. The minimum atomic E-state index is -0.460. The Labute approximate surface area is 112 Å². The van der Waals surface area contributed by atoms with Crippen molar-refractivity contribution in [1.82, 2.24) is 15.0 Å². The zero-order valence-corrected chi connectivity index (χ0v) is 10.7. The van der Waals surface area contributed by atoms with Gasteiger partial charge >= 0.3 is 5.97 Å². The maximum absolute atomic E-state index is 11.4. The van der Waals surface area contributed by atoms with Gasteiger partial charge in [0.25, 0.3) is 5.56 Å². The molecule has 3 N–H and O–H groups in total. The highest BCUT2D eigenvalue weighted by atomic mass is 32.2. The first-order valence-electron chi connectivity index (χ1n) is 5.17. The molecule has 2 rings (SSSR count). The first-order chi connectivity index (χ1) is 9.08. The molecule has 0 aliphatic heterocycles. The second kappa shape index (κ2) is 5.53. The molecular formula is C11H10N4O3S. The topological polar surface area (TPSA) is 111 Å². The summed E-state index contributed by atoms with van der Waals surface area (Å²) in [5.41, 5.74) is 5.49. The highest BCUT2D eigenvalue weighted by Gasteiger charge is 2.08. The van der Waals surface area contributed by atoms with Gasteiger partial charge in [-0.25, -0.2) is 14.8 Å². The first-order valence-corrected chi connectivity index (χ1v) is 5.99. The van der Waals surface area contributed by atoms with Gasteiger partial charge in [0.1, 0.15) is 10.8 Å². The highest BCUT2D eigenvalue weighted by Crippen LogP contribution is 2.22. The van der Waals surface area contributed by atoms with Crippen molar-refractivity contribution in [2.45, 2.75) is 10.2 Å². The smallest absolute Gasteiger partial charge is 0.337 e. The minimum absolute atomic E-state index is 0.121. The predicted molar refractivity (Wildman–Crippen MR) is 69.0 cm³/mol. The van der Waals surface area contributed by atoms with Crippen molar-refractivity contribution in [3.8, 4) is 0 Å². The summed E-state index contributed by atoms with van der Waals surface area (Å²) in [6.07, 6.45) is 1.47. The van der Waals surface area contributed by atoms with Crippen LogP contribution in [0.3, 0.4) is 0 Å². The van der Waals surface area contributed by atoms with Crippen LogP contribution >= 0.6 is 11.8 Å². The number of nitrogens with two attached hydrogens (primary N) is 1. The average molecular weight is 278 g/mol. The van der Waals surface area contributed by atoms with E-state index in [9.17, 15) is 9.59 Å². The van der Waals surface area contributed by atoms with Crippen molar-refractivity contribution >= 4 is 23.5 Å². The zero-order valence-electron chi connectivity index (χ0n) is 9.91. The number of methoxy groups -OCH3 is 1. The van der Waals surface area contributed by atoms with Gasteiger partial charge in [-0.2, -0.15) is 0 Å². The first kappa shape index (κ1) is 13.1. The summed E-state index contributed by atoms with van der Waals surface area (Å²) >= 11 is 1.09. The Balaban J connectivity index is 2.28. The SMILES string of the molecule is COC(=O)c1ccnc(Sc2nc(N)cc(=O)[nH]2)c1. The van der Waals surface area contributed by atoms with E-state index < -0.39 is 5.97 Å². The van der Waals surface area contributed by atoms with Crippen LogP contribution in [0.15, 0.2) is 39.4 Å². The van der Waals surface area contributed by atoms with E-state index in [1.165, 1.54) is 25.4 Å². The number of pyridine rings is 1. The molecule has 0 aromatic carbocycles. The van der Waals surface area contributed by atoms with Crippen molar-refractivity contribution in [1.29, 1.82) is 0 Å². The van der Waals surface area contributed by atoms with Crippen LogP contribution in [0.5, 0.6) is 0 Å². The number of aromatic amines is 1. The molecule has 7 nitrogen and oxygen atoms in total. The molecular weight excluding hydrogens is 268 g/mol. The van der Waals surface area contributed by atoms with Crippen LogP contribution in [-0.4, -0.2) is 28.0 Å². The standard InChI is InChI=1S/C11H10N4O3S/c1-18-10(17)6-2-3-13-9(4-6)19-11-14-7(12)5-8(16)15-11/h2-5H,1H3,(H3,12,14,15,16). The summed E-state index contributed by atoms with van der Waals surface area (Å²) in [6, 6.07) is 4.26. The summed E-state index contributed by atoms with van der Waals surface area (Å²) in [6.45, 7) is 0. The normalized spacial score (nSPS) is 10.2. The molecule has 8 heteroatoms. The molecule has 0 aliphatic rings. The Hall–Kier alpha value is -2.35. The molecule has 0 radical (unpaired) electrons. The lowest BCUT2D eigenvalue weighted by Gasteiger charge is -2.03. The van der Waals surface area contributed by atoms with Gasteiger partial charge in [0.15, 0.2) is 5.16 Å². The number of ether oxygens (including phenoxy) is 1. The van der Waals surface area contributed by atoms with E-state index in [1.54, 1.807) is 6.07 Å². The van der Waals surface area contributed by atoms with Crippen molar-refractivity contribution in [2.75, 3.05) is 12.8 Å². The third-order valence-corrected chi connectivity index (χ3v) is 2.92. The van der Waals surface area contributed by atoms with Gasteiger partial charge in [0.2, 0.25) is 0 Å². The quantitative estimate of drug-likeness (QED) is 0.627. The van der Waals surface area contributed by atoms with Crippen LogP contribution in [0.25, 0.3) is 0 Å². The van der Waals surface area contributed by atoms with Gasteiger partial charge in [-0.1, -0.05) is 0 Å². The molecule has 0 fully saturated rings. The van der Waals surface area contributed by atoms with Crippen LogP contribution in [0, 0.1) is 0 Å². The number of rotatable bonds is 3. The van der Waals surface area contributed by atoms with Gasteiger partial charge in [0.05, 0.1) is 12.7 Å². The summed E-state index contributed by atoms with van der Waals surface area (Å²) in [5.74, 6) is -0.339. The fourth-order valence-corrected chi connectivity index (χ4v) is 2.11. The Bertz CT molecular complexity index is 671. The van der Waals surface area contributed by atoms with Crippen LogP contribution in [0.1, 0.15) is 10.4 Å². The predicted octanol–water partition coefficient (Wildman–Crippen LogP) is 0.685. The highest BCUT2D eigenvalue weighted by molar-refractivity contribution is 7.99. The molecule has 98 valence electrons. The van der Waals surface area contributed by atoms with Gasteiger partial charge in [0, 0.05) is 12.3 Å². The molecule has 0 atom stereocenters. The van der Waals surface area contributed by atoms with E-state index in [1.807, 2.05) is 0 Å². The van der Waals surface area contributed by atoms with Crippen LogP contribution in [0.2, 0.25) is 0 Å². The Morgan fingerprint density at radius 1 is 1.47 bits per heavy atom. The third kappa shape index (κ3) is 3.32. The zero-order chi connectivity index (χ0) is 13.8. The molecule has 2 heterocycles. The molecule has 2 aromatic heterocycles. The number of nitrogens with one attached hydrogen (secondary N) is 1. The number of anilines is 1. The monoisotopic (exact) mass is 278 g/mol.